The minimum Gasteiger partial charge on any atom is -0.497 e. The van der Waals surface area contributed by atoms with Crippen LogP contribution in [0.2, 0.25) is 0 Å². The quantitative estimate of drug-likeness (QED) is 0.348. The van der Waals surface area contributed by atoms with Gasteiger partial charge in [-0.2, -0.15) is 15.0 Å². The second-order valence-corrected chi connectivity index (χ2v) is 9.51. The maximum Gasteiger partial charge on any atom is 0.255 e. The molecule has 0 saturated carbocycles. The summed E-state index contributed by atoms with van der Waals surface area (Å²) in [6, 6.07) is 24.3. The molecule has 0 unspecified atom stereocenters. The Bertz CT molecular complexity index is 1600. The summed E-state index contributed by atoms with van der Waals surface area (Å²) in [7, 11) is 1.66. The topological polar surface area (TPSA) is 74.0 Å². The number of methoxy groups -OCH3 is 1. The number of pyridine rings is 1. The van der Waals surface area contributed by atoms with Crippen molar-refractivity contribution in [2.75, 3.05) is 7.11 Å². The minimum atomic E-state index is 0.0294. The normalized spacial score (nSPS) is 12.7. The number of hydrogen-bond acceptors (Lipinski definition) is 5. The zero-order valence-corrected chi connectivity index (χ0v) is 20.9. The van der Waals surface area contributed by atoms with Crippen LogP contribution in [0, 0.1) is 0 Å². The molecule has 0 atom stereocenters. The van der Waals surface area contributed by atoms with Gasteiger partial charge in [0.2, 0.25) is 0 Å². The van der Waals surface area contributed by atoms with Gasteiger partial charge in [-0.1, -0.05) is 30.3 Å². The number of aryl methyl sites for hydroxylation is 2. The molecular weight excluding hydrogens is 462 g/mol. The Labute approximate surface area is 215 Å². The maximum atomic E-state index is 13.7. The third-order valence-electron chi connectivity index (χ3n) is 7.03. The molecule has 0 radical (unpaired) electrons. The SMILES string of the molecule is COc1ccc(Cn2c(=O)c(CNCc3cnn(-c4ccccc4)n3)cc3cc4c(cc32)CCC4)cc1. The highest BCUT2D eigenvalue weighted by Crippen LogP contribution is 2.28. The third-order valence-corrected chi connectivity index (χ3v) is 7.03. The number of rotatable bonds is 8. The Kier molecular flexibility index (Phi) is 6.28. The first-order chi connectivity index (χ1) is 18.2. The number of aromatic nitrogens is 4. The molecule has 5 aromatic rings. The molecule has 1 aliphatic rings. The second kappa shape index (κ2) is 10.0. The highest BCUT2D eigenvalue weighted by Gasteiger charge is 2.16. The Morgan fingerprint density at radius 3 is 2.51 bits per heavy atom. The van der Waals surface area contributed by atoms with Crippen LogP contribution in [0.15, 0.2) is 83.8 Å². The van der Waals surface area contributed by atoms with Crippen molar-refractivity contribution in [1.82, 2.24) is 24.9 Å². The van der Waals surface area contributed by atoms with Crippen molar-refractivity contribution in [3.05, 3.63) is 117 Å². The molecule has 0 bridgehead atoms. The number of ether oxygens (including phenoxy) is 1. The van der Waals surface area contributed by atoms with Crippen LogP contribution < -0.4 is 15.6 Å². The van der Waals surface area contributed by atoms with Gasteiger partial charge in [-0.15, -0.1) is 0 Å². The molecule has 1 N–H and O–H groups in total. The van der Waals surface area contributed by atoms with Crippen molar-refractivity contribution in [2.45, 2.75) is 38.9 Å². The smallest absolute Gasteiger partial charge is 0.255 e. The standard InChI is InChI=1S/C30H29N5O2/c1-37-28-12-10-21(11-13-28)20-34-29-16-23-7-5-6-22(23)14-24(29)15-25(30(34)36)17-31-18-26-19-32-35(33-26)27-8-3-2-4-9-27/h2-4,8-16,19,31H,5-7,17-18,20H2,1H3. The molecule has 0 amide bonds. The molecular formula is C30H29N5O2. The van der Waals surface area contributed by atoms with Gasteiger partial charge in [0.1, 0.15) is 5.75 Å². The molecule has 7 nitrogen and oxygen atoms in total. The number of nitrogens with zero attached hydrogens (tertiary/aromatic N) is 4. The largest absolute Gasteiger partial charge is 0.497 e. The Balaban J connectivity index is 1.28. The lowest BCUT2D eigenvalue weighted by atomic mass is 10.0. The molecule has 6 rings (SSSR count). The van der Waals surface area contributed by atoms with Crippen LogP contribution in [0.5, 0.6) is 5.75 Å². The molecule has 3 aromatic carbocycles. The highest BCUT2D eigenvalue weighted by atomic mass is 16.5. The van der Waals surface area contributed by atoms with E-state index in [2.05, 4.69) is 33.7 Å². The molecule has 7 heteroatoms. The van der Waals surface area contributed by atoms with E-state index in [4.69, 9.17) is 4.74 Å². The van der Waals surface area contributed by atoms with E-state index in [1.54, 1.807) is 18.1 Å². The van der Waals surface area contributed by atoms with Gasteiger partial charge >= 0.3 is 0 Å². The van der Waals surface area contributed by atoms with Gasteiger partial charge < -0.3 is 14.6 Å². The molecule has 0 fully saturated rings. The summed E-state index contributed by atoms with van der Waals surface area (Å²) in [5.41, 5.74) is 7.33. The number of nitrogens with one attached hydrogen (secondary N) is 1. The maximum absolute atomic E-state index is 13.7. The van der Waals surface area contributed by atoms with Crippen LogP contribution in [0.3, 0.4) is 0 Å². The number of hydrogen-bond donors (Lipinski definition) is 1. The van der Waals surface area contributed by atoms with Crippen molar-refractivity contribution in [3.8, 4) is 11.4 Å². The minimum absolute atomic E-state index is 0.0294. The predicted molar refractivity (Wildman–Crippen MR) is 144 cm³/mol. The van der Waals surface area contributed by atoms with E-state index >= 15 is 0 Å². The van der Waals surface area contributed by atoms with Crippen LogP contribution >= 0.6 is 0 Å². The molecule has 0 saturated heterocycles. The van der Waals surface area contributed by atoms with Crippen LogP contribution in [-0.2, 0) is 32.5 Å². The van der Waals surface area contributed by atoms with Crippen LogP contribution in [-0.4, -0.2) is 26.7 Å². The van der Waals surface area contributed by atoms with E-state index in [0.717, 1.165) is 52.0 Å². The summed E-state index contributed by atoms with van der Waals surface area (Å²) in [6.45, 7) is 1.48. The molecule has 37 heavy (non-hydrogen) atoms. The van der Waals surface area contributed by atoms with Gasteiger partial charge in [0.05, 0.1) is 36.7 Å². The first kappa shape index (κ1) is 23.2. The zero-order valence-electron chi connectivity index (χ0n) is 20.9. The van der Waals surface area contributed by atoms with Crippen LogP contribution in [0.4, 0.5) is 0 Å². The molecule has 1 aliphatic carbocycles. The van der Waals surface area contributed by atoms with E-state index in [1.807, 2.05) is 59.2 Å². The molecule has 186 valence electrons. The summed E-state index contributed by atoms with van der Waals surface area (Å²) in [4.78, 5) is 15.3. The van der Waals surface area contributed by atoms with E-state index < -0.39 is 0 Å². The average molecular weight is 492 g/mol. The fourth-order valence-electron chi connectivity index (χ4n) is 5.10. The van der Waals surface area contributed by atoms with Gasteiger partial charge in [-0.25, -0.2) is 0 Å². The van der Waals surface area contributed by atoms with Gasteiger partial charge in [-0.05, 0) is 83.8 Å². The number of fused-ring (bicyclic) bond motifs is 2. The van der Waals surface area contributed by atoms with E-state index in [1.165, 1.54) is 17.5 Å². The fourth-order valence-corrected chi connectivity index (χ4v) is 5.10. The van der Waals surface area contributed by atoms with E-state index in [0.29, 0.717) is 19.6 Å². The summed E-state index contributed by atoms with van der Waals surface area (Å²) >= 11 is 0. The Morgan fingerprint density at radius 2 is 1.73 bits per heavy atom. The lowest BCUT2D eigenvalue weighted by Gasteiger charge is -2.15. The summed E-state index contributed by atoms with van der Waals surface area (Å²) in [5.74, 6) is 0.806. The number of para-hydroxylation sites is 1. The third kappa shape index (κ3) is 4.78. The first-order valence-corrected chi connectivity index (χ1v) is 12.7. The van der Waals surface area contributed by atoms with Crippen molar-refractivity contribution in [1.29, 1.82) is 0 Å². The van der Waals surface area contributed by atoms with Gasteiger partial charge in [-0.3, -0.25) is 4.79 Å². The summed E-state index contributed by atoms with van der Waals surface area (Å²) in [5, 5.41) is 13.4. The van der Waals surface area contributed by atoms with E-state index in [-0.39, 0.29) is 5.56 Å². The lowest BCUT2D eigenvalue weighted by molar-refractivity contribution is 0.414. The van der Waals surface area contributed by atoms with Crippen molar-refractivity contribution in [3.63, 3.8) is 0 Å². The van der Waals surface area contributed by atoms with Gasteiger partial charge in [0.25, 0.3) is 5.56 Å². The average Bonchev–Trinajstić information content (AvgIpc) is 3.60. The van der Waals surface area contributed by atoms with Crippen LogP contribution in [0.25, 0.3) is 16.6 Å². The molecule has 2 aromatic heterocycles. The predicted octanol–water partition coefficient (Wildman–Crippen LogP) is 4.42. The fraction of sp³-hybridized carbons (Fsp3) is 0.233. The molecule has 0 aliphatic heterocycles. The van der Waals surface area contributed by atoms with Gasteiger partial charge in [0.15, 0.2) is 0 Å². The summed E-state index contributed by atoms with van der Waals surface area (Å²) < 4.78 is 7.22. The Hall–Kier alpha value is -4.23. The van der Waals surface area contributed by atoms with Crippen molar-refractivity contribution >= 4 is 10.9 Å². The summed E-state index contributed by atoms with van der Waals surface area (Å²) in [6.07, 6.45) is 5.11. The van der Waals surface area contributed by atoms with Crippen molar-refractivity contribution < 1.29 is 4.74 Å². The lowest BCUT2D eigenvalue weighted by Crippen LogP contribution is -2.28. The number of benzene rings is 3. The molecule has 0 spiro atoms. The van der Waals surface area contributed by atoms with Crippen molar-refractivity contribution in [2.24, 2.45) is 0 Å². The van der Waals surface area contributed by atoms with Gasteiger partial charge in [0, 0.05) is 18.7 Å². The van der Waals surface area contributed by atoms with Crippen LogP contribution in [0.1, 0.15) is 34.4 Å². The molecule has 2 heterocycles. The zero-order chi connectivity index (χ0) is 25.2. The van der Waals surface area contributed by atoms with E-state index in [9.17, 15) is 4.79 Å². The monoisotopic (exact) mass is 491 g/mol. The highest BCUT2D eigenvalue weighted by molar-refractivity contribution is 5.82. The first-order valence-electron chi connectivity index (χ1n) is 12.7. The second-order valence-electron chi connectivity index (χ2n) is 9.51. The Morgan fingerprint density at radius 1 is 0.946 bits per heavy atom.